The lowest BCUT2D eigenvalue weighted by molar-refractivity contribution is -0.117. The first-order valence-electron chi connectivity index (χ1n) is 6.70. The van der Waals surface area contributed by atoms with E-state index in [4.69, 9.17) is 4.74 Å². The fourth-order valence-corrected chi connectivity index (χ4v) is 2.83. The van der Waals surface area contributed by atoms with E-state index in [1.807, 2.05) is 18.2 Å². The molecule has 1 saturated heterocycles. The third-order valence-electron chi connectivity index (χ3n) is 3.87. The second kappa shape index (κ2) is 5.19. The summed E-state index contributed by atoms with van der Waals surface area (Å²) in [5.41, 5.74) is 1.90. The van der Waals surface area contributed by atoms with Crippen molar-refractivity contribution in [2.75, 3.05) is 45.2 Å². The van der Waals surface area contributed by atoms with Crippen molar-refractivity contribution in [3.63, 3.8) is 0 Å². The van der Waals surface area contributed by atoms with Gasteiger partial charge >= 0.3 is 0 Å². The number of hydrogen-bond acceptors (Lipinski definition) is 4. The van der Waals surface area contributed by atoms with Gasteiger partial charge in [0.15, 0.2) is 0 Å². The number of benzene rings is 1. The molecule has 19 heavy (non-hydrogen) atoms. The first-order valence-corrected chi connectivity index (χ1v) is 6.70. The summed E-state index contributed by atoms with van der Waals surface area (Å²) in [5, 5.41) is 6.28. The maximum absolute atomic E-state index is 12.2. The van der Waals surface area contributed by atoms with Gasteiger partial charge in [0.25, 0.3) is 0 Å². The summed E-state index contributed by atoms with van der Waals surface area (Å²) in [6, 6.07) is 5.84. The number of para-hydroxylation sites is 1. The number of nitrogens with zero attached hydrogens (tertiary/aromatic N) is 1. The van der Waals surface area contributed by atoms with Gasteiger partial charge in [0.1, 0.15) is 5.75 Å². The number of hydrogen-bond donors (Lipinski definition) is 2. The molecule has 0 aromatic heterocycles. The summed E-state index contributed by atoms with van der Waals surface area (Å²) >= 11 is 0. The summed E-state index contributed by atoms with van der Waals surface area (Å²) in [5.74, 6) is 0.745. The number of carbonyl (C=O) groups excluding carboxylic acids is 1. The number of fused-ring (bicyclic) bond motifs is 1. The minimum atomic E-state index is -0.0804. The molecule has 5 nitrogen and oxygen atoms in total. The van der Waals surface area contributed by atoms with Crippen LogP contribution in [0.25, 0.3) is 0 Å². The highest BCUT2D eigenvalue weighted by Gasteiger charge is 2.33. The maximum atomic E-state index is 12.2. The number of carbonyl (C=O) groups is 1. The van der Waals surface area contributed by atoms with E-state index in [1.54, 1.807) is 7.11 Å². The molecule has 1 aromatic carbocycles. The Bertz CT molecular complexity index is 484. The monoisotopic (exact) mass is 261 g/mol. The van der Waals surface area contributed by atoms with E-state index < -0.39 is 0 Å². The summed E-state index contributed by atoms with van der Waals surface area (Å²) in [6.07, 6.45) is 0. The van der Waals surface area contributed by atoms with Crippen molar-refractivity contribution in [3.8, 4) is 5.75 Å². The zero-order chi connectivity index (χ0) is 13.2. The number of amides is 1. The molecule has 2 aliphatic rings. The molecule has 1 aromatic rings. The zero-order valence-electron chi connectivity index (χ0n) is 11.1. The van der Waals surface area contributed by atoms with Crippen molar-refractivity contribution in [2.24, 2.45) is 0 Å². The molecular weight excluding hydrogens is 242 g/mol. The number of methoxy groups -OCH3 is 1. The van der Waals surface area contributed by atoms with Crippen LogP contribution in [0, 0.1) is 0 Å². The SMILES string of the molecule is COc1cccc2c1NC(=O)C2CN1CCNCC1. The van der Waals surface area contributed by atoms with Gasteiger partial charge in [-0.2, -0.15) is 0 Å². The second-order valence-electron chi connectivity index (χ2n) is 5.02. The topological polar surface area (TPSA) is 53.6 Å². The van der Waals surface area contributed by atoms with Gasteiger partial charge in [-0.25, -0.2) is 0 Å². The molecule has 2 N–H and O–H groups in total. The Morgan fingerprint density at radius 2 is 2.16 bits per heavy atom. The van der Waals surface area contributed by atoms with E-state index in [0.29, 0.717) is 0 Å². The molecule has 1 fully saturated rings. The van der Waals surface area contributed by atoms with Crippen molar-refractivity contribution in [1.29, 1.82) is 0 Å². The standard InChI is InChI=1S/C14H19N3O2/c1-19-12-4-2-3-10-11(14(18)16-13(10)12)9-17-7-5-15-6-8-17/h2-4,11,15H,5-9H2,1H3,(H,16,18). The zero-order valence-corrected chi connectivity index (χ0v) is 11.1. The highest BCUT2D eigenvalue weighted by molar-refractivity contribution is 6.04. The van der Waals surface area contributed by atoms with Crippen molar-refractivity contribution >= 4 is 11.6 Å². The number of rotatable bonds is 3. The van der Waals surface area contributed by atoms with E-state index in [1.165, 1.54) is 0 Å². The second-order valence-corrected chi connectivity index (χ2v) is 5.02. The molecule has 2 heterocycles. The molecule has 1 atom stereocenters. The van der Waals surface area contributed by atoms with Crippen molar-refractivity contribution in [1.82, 2.24) is 10.2 Å². The Balaban J connectivity index is 1.82. The van der Waals surface area contributed by atoms with Crippen molar-refractivity contribution < 1.29 is 9.53 Å². The van der Waals surface area contributed by atoms with E-state index in [-0.39, 0.29) is 11.8 Å². The minimum absolute atomic E-state index is 0.0804. The van der Waals surface area contributed by atoms with Gasteiger partial charge in [-0.1, -0.05) is 12.1 Å². The van der Waals surface area contributed by atoms with Crippen LogP contribution < -0.4 is 15.4 Å². The van der Waals surface area contributed by atoms with E-state index >= 15 is 0 Å². The van der Waals surface area contributed by atoms with Crippen molar-refractivity contribution in [2.45, 2.75) is 5.92 Å². The molecule has 0 aliphatic carbocycles. The smallest absolute Gasteiger partial charge is 0.233 e. The molecule has 1 unspecified atom stereocenters. The number of piperazine rings is 1. The van der Waals surface area contributed by atoms with Gasteiger partial charge in [0, 0.05) is 32.7 Å². The molecular formula is C14H19N3O2. The van der Waals surface area contributed by atoms with Crippen LogP contribution in [-0.4, -0.2) is 50.6 Å². The van der Waals surface area contributed by atoms with Gasteiger partial charge in [-0.15, -0.1) is 0 Å². The van der Waals surface area contributed by atoms with Crippen LogP contribution in [0.15, 0.2) is 18.2 Å². The summed E-state index contributed by atoms with van der Waals surface area (Å²) < 4.78 is 5.31. The lowest BCUT2D eigenvalue weighted by atomic mass is 9.99. The first kappa shape index (κ1) is 12.4. The average molecular weight is 261 g/mol. The van der Waals surface area contributed by atoms with Crippen LogP contribution in [0.2, 0.25) is 0 Å². The van der Waals surface area contributed by atoms with Crippen LogP contribution in [0.1, 0.15) is 11.5 Å². The summed E-state index contributed by atoms with van der Waals surface area (Å²) in [7, 11) is 1.63. The van der Waals surface area contributed by atoms with Crippen LogP contribution in [-0.2, 0) is 4.79 Å². The van der Waals surface area contributed by atoms with Crippen LogP contribution in [0.4, 0.5) is 5.69 Å². The molecule has 2 aliphatic heterocycles. The van der Waals surface area contributed by atoms with Gasteiger partial charge < -0.3 is 15.4 Å². The Morgan fingerprint density at radius 3 is 2.89 bits per heavy atom. The summed E-state index contributed by atoms with van der Waals surface area (Å²) in [6.45, 7) is 4.79. The van der Waals surface area contributed by atoms with Crippen LogP contribution in [0.5, 0.6) is 5.75 Å². The first-order chi connectivity index (χ1) is 9.29. The fourth-order valence-electron chi connectivity index (χ4n) is 2.83. The molecule has 102 valence electrons. The van der Waals surface area contributed by atoms with E-state index in [2.05, 4.69) is 15.5 Å². The molecule has 3 rings (SSSR count). The third-order valence-corrected chi connectivity index (χ3v) is 3.87. The largest absolute Gasteiger partial charge is 0.495 e. The Kier molecular flexibility index (Phi) is 3.40. The molecule has 5 heteroatoms. The van der Waals surface area contributed by atoms with Gasteiger partial charge in [-0.05, 0) is 11.6 Å². The predicted molar refractivity (Wildman–Crippen MR) is 73.7 cm³/mol. The molecule has 0 saturated carbocycles. The lowest BCUT2D eigenvalue weighted by Crippen LogP contribution is -2.45. The Morgan fingerprint density at radius 1 is 1.37 bits per heavy atom. The minimum Gasteiger partial charge on any atom is -0.495 e. The fraction of sp³-hybridized carbons (Fsp3) is 0.500. The number of ether oxygens (including phenoxy) is 1. The van der Waals surface area contributed by atoms with Crippen LogP contribution >= 0.6 is 0 Å². The van der Waals surface area contributed by atoms with Crippen LogP contribution in [0.3, 0.4) is 0 Å². The van der Waals surface area contributed by atoms with Gasteiger partial charge in [0.2, 0.25) is 5.91 Å². The predicted octanol–water partition coefficient (Wildman–Crippen LogP) is 0.636. The van der Waals surface area contributed by atoms with E-state index in [0.717, 1.165) is 49.7 Å². The molecule has 0 bridgehead atoms. The number of anilines is 1. The molecule has 1 amide bonds. The molecule has 0 spiro atoms. The quantitative estimate of drug-likeness (QED) is 0.838. The third kappa shape index (κ3) is 2.31. The summed E-state index contributed by atoms with van der Waals surface area (Å²) in [4.78, 5) is 14.5. The molecule has 0 radical (unpaired) electrons. The Hall–Kier alpha value is -1.59. The number of nitrogens with one attached hydrogen (secondary N) is 2. The van der Waals surface area contributed by atoms with Gasteiger partial charge in [-0.3, -0.25) is 9.69 Å². The lowest BCUT2D eigenvalue weighted by Gasteiger charge is -2.28. The van der Waals surface area contributed by atoms with Crippen molar-refractivity contribution in [3.05, 3.63) is 23.8 Å². The van der Waals surface area contributed by atoms with Gasteiger partial charge in [0.05, 0.1) is 18.7 Å². The highest BCUT2D eigenvalue weighted by atomic mass is 16.5. The maximum Gasteiger partial charge on any atom is 0.233 e. The highest BCUT2D eigenvalue weighted by Crippen LogP contribution is 2.39. The Labute approximate surface area is 112 Å². The van der Waals surface area contributed by atoms with E-state index in [9.17, 15) is 4.79 Å². The normalized spacial score (nSPS) is 23.0. The average Bonchev–Trinajstić information content (AvgIpc) is 2.76.